The van der Waals surface area contributed by atoms with E-state index in [0.29, 0.717) is 43.6 Å². The Bertz CT molecular complexity index is 1270. The Hall–Kier alpha value is -4.04. The van der Waals surface area contributed by atoms with Crippen molar-refractivity contribution in [1.29, 1.82) is 0 Å². The first-order valence-electron chi connectivity index (χ1n) is 12.5. The molecular formula is C29H30N4O4. The van der Waals surface area contributed by atoms with E-state index in [4.69, 9.17) is 4.84 Å². The molecule has 0 bridgehead atoms. The fourth-order valence-electron chi connectivity index (χ4n) is 5.19. The van der Waals surface area contributed by atoms with Gasteiger partial charge in [0.25, 0.3) is 5.91 Å². The molecule has 1 unspecified atom stereocenters. The smallest absolute Gasteiger partial charge is 0.254 e. The van der Waals surface area contributed by atoms with Crippen LogP contribution in [0.15, 0.2) is 84.3 Å². The van der Waals surface area contributed by atoms with E-state index in [-0.39, 0.29) is 18.4 Å². The highest BCUT2D eigenvalue weighted by molar-refractivity contribution is 6.05. The number of nitrogens with zero attached hydrogens (tertiary/aromatic N) is 4. The average Bonchev–Trinajstić information content (AvgIpc) is 3.38. The maximum atomic E-state index is 13.6. The Morgan fingerprint density at radius 2 is 1.62 bits per heavy atom. The van der Waals surface area contributed by atoms with Crippen molar-refractivity contribution >= 4 is 17.5 Å². The van der Waals surface area contributed by atoms with Crippen molar-refractivity contribution in [3.63, 3.8) is 0 Å². The molecule has 2 saturated heterocycles. The second-order valence-corrected chi connectivity index (χ2v) is 9.53. The third-order valence-corrected chi connectivity index (χ3v) is 7.28. The van der Waals surface area contributed by atoms with E-state index in [1.54, 1.807) is 34.3 Å². The Labute approximate surface area is 216 Å². The first-order chi connectivity index (χ1) is 18.0. The van der Waals surface area contributed by atoms with Crippen LogP contribution in [0, 0.1) is 0 Å². The summed E-state index contributed by atoms with van der Waals surface area (Å²) in [4.78, 5) is 39.5. The number of benzene rings is 2. The molecule has 0 radical (unpaired) electrons. The summed E-state index contributed by atoms with van der Waals surface area (Å²) in [5, 5.41) is 15.2. The molecule has 0 saturated carbocycles. The normalized spacial score (nSPS) is 20.2. The highest BCUT2D eigenvalue weighted by Crippen LogP contribution is 2.33. The Kier molecular flexibility index (Phi) is 7.01. The third-order valence-electron chi connectivity index (χ3n) is 7.28. The maximum absolute atomic E-state index is 13.6. The first-order valence-corrected chi connectivity index (χ1v) is 12.5. The van der Waals surface area contributed by atoms with Crippen LogP contribution < -0.4 is 0 Å². The van der Waals surface area contributed by atoms with Gasteiger partial charge in [0.05, 0.1) is 17.9 Å². The highest BCUT2D eigenvalue weighted by Gasteiger charge is 2.43. The molecule has 3 aromatic rings. The van der Waals surface area contributed by atoms with Crippen LogP contribution in [-0.4, -0.2) is 70.2 Å². The number of amides is 2. The van der Waals surface area contributed by atoms with E-state index < -0.39 is 11.6 Å². The van der Waals surface area contributed by atoms with Crippen molar-refractivity contribution in [2.24, 2.45) is 5.16 Å². The summed E-state index contributed by atoms with van der Waals surface area (Å²) in [7, 11) is 1.46. The average molecular weight is 499 g/mol. The van der Waals surface area contributed by atoms with Gasteiger partial charge in [-0.1, -0.05) is 47.6 Å². The Morgan fingerprint density at radius 1 is 0.973 bits per heavy atom. The lowest BCUT2D eigenvalue weighted by molar-refractivity contribution is -0.139. The number of likely N-dealkylation sites (tertiary alicyclic amines) is 2. The molecule has 0 spiro atoms. The van der Waals surface area contributed by atoms with E-state index in [1.807, 2.05) is 54.6 Å². The lowest BCUT2D eigenvalue weighted by Gasteiger charge is -2.40. The lowest BCUT2D eigenvalue weighted by atomic mass is 9.84. The summed E-state index contributed by atoms with van der Waals surface area (Å²) in [6.07, 6.45) is 4.67. The second kappa shape index (κ2) is 10.5. The molecule has 8 heteroatoms. The summed E-state index contributed by atoms with van der Waals surface area (Å²) in [5.41, 5.74) is 3.06. The van der Waals surface area contributed by atoms with Gasteiger partial charge in [-0.05, 0) is 53.8 Å². The van der Waals surface area contributed by atoms with E-state index >= 15 is 0 Å². The van der Waals surface area contributed by atoms with Gasteiger partial charge in [0.1, 0.15) is 13.2 Å². The lowest BCUT2D eigenvalue weighted by Crippen LogP contribution is -2.52. The van der Waals surface area contributed by atoms with Gasteiger partial charge >= 0.3 is 0 Å². The molecule has 3 heterocycles. The quantitative estimate of drug-likeness (QED) is 0.544. The van der Waals surface area contributed by atoms with Crippen LogP contribution in [0.25, 0.3) is 11.1 Å². The first kappa shape index (κ1) is 24.6. The van der Waals surface area contributed by atoms with Crippen LogP contribution >= 0.6 is 0 Å². The number of piperidine rings is 1. The summed E-state index contributed by atoms with van der Waals surface area (Å²) >= 11 is 0. The van der Waals surface area contributed by atoms with Crippen molar-refractivity contribution in [3.05, 3.63) is 90.3 Å². The summed E-state index contributed by atoms with van der Waals surface area (Å²) in [6, 6.07) is 20.1. The molecule has 8 nitrogen and oxygen atoms in total. The van der Waals surface area contributed by atoms with Gasteiger partial charge < -0.3 is 19.7 Å². The fraction of sp³-hybridized carbons (Fsp3) is 0.310. The van der Waals surface area contributed by atoms with Crippen molar-refractivity contribution in [1.82, 2.24) is 14.8 Å². The maximum Gasteiger partial charge on any atom is 0.254 e. The zero-order chi connectivity index (χ0) is 25.8. The minimum absolute atomic E-state index is 0.127. The van der Waals surface area contributed by atoms with Gasteiger partial charge in [-0.3, -0.25) is 14.6 Å². The largest absolute Gasteiger partial charge is 0.399 e. The molecule has 1 aromatic heterocycles. The molecule has 2 aliphatic rings. The molecule has 37 heavy (non-hydrogen) atoms. The predicted molar refractivity (Wildman–Crippen MR) is 140 cm³/mol. The molecule has 5 rings (SSSR count). The number of aliphatic hydroxyl groups is 1. The molecule has 2 amide bonds. The third kappa shape index (κ3) is 5.11. The molecule has 0 aliphatic carbocycles. The number of carbonyl (C=O) groups is 2. The number of carbonyl (C=O) groups excluding carboxylic acids is 2. The summed E-state index contributed by atoms with van der Waals surface area (Å²) < 4.78 is 0. The number of hydrogen-bond acceptors (Lipinski definition) is 6. The van der Waals surface area contributed by atoms with E-state index in [0.717, 1.165) is 16.7 Å². The van der Waals surface area contributed by atoms with Gasteiger partial charge in [0.2, 0.25) is 5.91 Å². The van der Waals surface area contributed by atoms with Crippen molar-refractivity contribution in [2.75, 3.05) is 26.7 Å². The van der Waals surface area contributed by atoms with Gasteiger partial charge in [-0.25, -0.2) is 0 Å². The predicted octanol–water partition coefficient (Wildman–Crippen LogP) is 3.48. The second-order valence-electron chi connectivity index (χ2n) is 9.53. The SMILES string of the molecule is CON=C1CC(C(=O)N2CCC(O)(c3ccccc3)CC2)N(C(=O)c2ccc(-c3ccncc3)cc2)C1. The standard InChI is InChI=1S/C29H30N4O4/c1-37-31-25-19-26(28(35)32-17-13-29(36,14-18-32)24-5-3-2-4-6-24)33(20-25)27(34)23-9-7-21(8-10-23)22-11-15-30-16-12-22/h2-12,15-16,26,36H,13-14,17-20H2,1H3. The number of hydrogen-bond donors (Lipinski definition) is 1. The minimum Gasteiger partial charge on any atom is -0.399 e. The van der Waals surface area contributed by atoms with Gasteiger partial charge in [-0.2, -0.15) is 0 Å². The van der Waals surface area contributed by atoms with Crippen LogP contribution in [0.1, 0.15) is 35.2 Å². The van der Waals surface area contributed by atoms with Crippen LogP contribution in [-0.2, 0) is 15.2 Å². The van der Waals surface area contributed by atoms with E-state index in [1.165, 1.54) is 7.11 Å². The number of aromatic nitrogens is 1. The number of rotatable bonds is 5. The van der Waals surface area contributed by atoms with E-state index in [9.17, 15) is 14.7 Å². The van der Waals surface area contributed by atoms with Gasteiger partial charge in [0.15, 0.2) is 0 Å². The number of oxime groups is 1. The fourth-order valence-corrected chi connectivity index (χ4v) is 5.19. The molecule has 1 atom stereocenters. The molecule has 2 aromatic carbocycles. The van der Waals surface area contributed by atoms with Crippen LogP contribution in [0.2, 0.25) is 0 Å². The Morgan fingerprint density at radius 3 is 2.27 bits per heavy atom. The molecule has 2 aliphatic heterocycles. The zero-order valence-electron chi connectivity index (χ0n) is 20.8. The van der Waals surface area contributed by atoms with Crippen molar-refractivity contribution in [3.8, 4) is 11.1 Å². The molecule has 2 fully saturated rings. The van der Waals surface area contributed by atoms with Crippen LogP contribution in [0.3, 0.4) is 0 Å². The molecular weight excluding hydrogens is 468 g/mol. The topological polar surface area (TPSA) is 95.3 Å². The summed E-state index contributed by atoms with van der Waals surface area (Å²) in [5.74, 6) is -0.350. The minimum atomic E-state index is -0.956. The zero-order valence-corrected chi connectivity index (χ0v) is 20.8. The highest BCUT2D eigenvalue weighted by atomic mass is 16.6. The Balaban J connectivity index is 1.31. The molecule has 1 N–H and O–H groups in total. The van der Waals surface area contributed by atoms with Gasteiger partial charge in [0, 0.05) is 37.5 Å². The molecule has 190 valence electrons. The van der Waals surface area contributed by atoms with Crippen LogP contribution in [0.4, 0.5) is 0 Å². The van der Waals surface area contributed by atoms with E-state index in [2.05, 4.69) is 10.1 Å². The number of pyridine rings is 1. The van der Waals surface area contributed by atoms with Crippen LogP contribution in [0.5, 0.6) is 0 Å². The monoisotopic (exact) mass is 498 g/mol. The summed E-state index contributed by atoms with van der Waals surface area (Å²) in [6.45, 7) is 1.07. The van der Waals surface area contributed by atoms with Gasteiger partial charge in [-0.15, -0.1) is 0 Å². The van der Waals surface area contributed by atoms with Crippen molar-refractivity contribution in [2.45, 2.75) is 30.9 Å². The van der Waals surface area contributed by atoms with Crippen molar-refractivity contribution < 1.29 is 19.5 Å².